The Labute approximate surface area is 344 Å². The number of carbonyl (C=O) groups is 7. The van der Waals surface area contributed by atoms with Crippen LogP contribution in [0.25, 0.3) is 0 Å². The van der Waals surface area contributed by atoms with Gasteiger partial charge < -0.3 is 40.5 Å². The normalized spacial score (nSPS) is 20.2. The lowest BCUT2D eigenvalue weighted by Crippen LogP contribution is -2.55. The van der Waals surface area contributed by atoms with E-state index in [4.69, 9.17) is 9.47 Å². The van der Waals surface area contributed by atoms with Crippen molar-refractivity contribution in [3.63, 3.8) is 0 Å². The summed E-state index contributed by atoms with van der Waals surface area (Å²) < 4.78 is 12.5. The molecule has 2 aliphatic heterocycles. The van der Waals surface area contributed by atoms with Gasteiger partial charge in [0, 0.05) is 33.5 Å². The number of rotatable bonds is 12. The van der Waals surface area contributed by atoms with Crippen LogP contribution in [-0.2, 0) is 44.7 Å². The summed E-state index contributed by atoms with van der Waals surface area (Å²) in [7, 11) is 3.11. The third-order valence-electron chi connectivity index (χ3n) is 10.2. The van der Waals surface area contributed by atoms with Gasteiger partial charge in [0.25, 0.3) is 11.8 Å². The third-order valence-corrected chi connectivity index (χ3v) is 10.2. The Kier molecular flexibility index (Phi) is 15.0. The summed E-state index contributed by atoms with van der Waals surface area (Å²) in [6.07, 6.45) is 0.428. The Morgan fingerprint density at radius 3 is 2.31 bits per heavy atom. The van der Waals surface area contributed by atoms with Crippen LogP contribution in [0.3, 0.4) is 0 Å². The van der Waals surface area contributed by atoms with E-state index in [1.54, 1.807) is 99.9 Å². The summed E-state index contributed by atoms with van der Waals surface area (Å²) in [6, 6.07) is 19.9. The van der Waals surface area contributed by atoms with E-state index in [-0.39, 0.29) is 31.7 Å². The lowest BCUT2D eigenvalue weighted by atomic mass is 10.0. The smallest absolute Gasteiger partial charge is 0.290 e. The van der Waals surface area contributed by atoms with Crippen LogP contribution < -0.4 is 26.0 Å². The number of benzene rings is 3. The van der Waals surface area contributed by atoms with Gasteiger partial charge in [-0.15, -0.1) is 0 Å². The maximum atomic E-state index is 14.6. The van der Waals surface area contributed by atoms with E-state index < -0.39 is 77.7 Å². The average molecular weight is 811 g/mol. The van der Waals surface area contributed by atoms with Crippen molar-refractivity contribution in [3.8, 4) is 5.75 Å². The molecule has 2 unspecified atom stereocenters. The SMILES string of the molecule is CCCC(NC(=O)C1C[C@@H]2CN1C(=O)[C@H](c1ccccc1)NC(=O)Cc1cccc(c1)OCCC(C)(C)O2)C(=O)C(=O)NCC(=O)N[C@H](C(=O)N(C)C)c1ccccc1. The molecule has 2 aliphatic rings. The molecule has 5 atom stereocenters. The fraction of sp³-hybridized carbons (Fsp3) is 0.432. The first-order valence-corrected chi connectivity index (χ1v) is 19.9. The zero-order valence-electron chi connectivity index (χ0n) is 34.2. The van der Waals surface area contributed by atoms with E-state index in [1.165, 1.54) is 9.80 Å². The van der Waals surface area contributed by atoms with Gasteiger partial charge in [-0.3, -0.25) is 33.6 Å². The second-order valence-electron chi connectivity index (χ2n) is 15.6. The van der Waals surface area contributed by atoms with E-state index >= 15 is 0 Å². The monoisotopic (exact) mass is 810 g/mol. The Balaban J connectivity index is 1.33. The molecule has 3 aromatic carbocycles. The number of hydrogen-bond acceptors (Lipinski definition) is 9. The maximum Gasteiger partial charge on any atom is 0.290 e. The molecule has 6 amide bonds. The molecule has 5 rings (SSSR count). The van der Waals surface area contributed by atoms with Crippen LogP contribution in [0.4, 0.5) is 0 Å². The Morgan fingerprint density at radius 2 is 1.63 bits per heavy atom. The standard InChI is InChI=1S/C44H54N6O9/c1-6-14-33(39(53)41(55)45-26-36(52)48-37(42(56)49(4)5)29-16-9-7-10-17-29)46-40(54)34-25-32-27-50(34)43(57)38(30-18-11-8-12-19-30)47-35(51)24-28-15-13-20-31(23-28)58-22-21-44(2,3)59-32/h7-13,15-20,23,32-34,37-38H,6,14,21-22,24-27H2,1-5H3,(H,45,55)(H,46,54)(H,47,51)(H,48,52)/t32-,33?,34?,37+,38+/m1/s1. The molecule has 1 fully saturated rings. The molecule has 2 heterocycles. The van der Waals surface area contributed by atoms with E-state index in [2.05, 4.69) is 21.3 Å². The van der Waals surface area contributed by atoms with Crippen molar-refractivity contribution in [2.75, 3.05) is 33.8 Å². The molecule has 4 N–H and O–H groups in total. The van der Waals surface area contributed by atoms with Crippen LogP contribution >= 0.6 is 0 Å². The van der Waals surface area contributed by atoms with Gasteiger partial charge in [-0.2, -0.15) is 0 Å². The number of likely N-dealkylation sites (N-methyl/N-ethyl adjacent to an activating group) is 1. The van der Waals surface area contributed by atoms with Crippen LogP contribution in [0.15, 0.2) is 84.9 Å². The number of hydrogen-bond donors (Lipinski definition) is 4. The molecule has 4 bridgehead atoms. The molecule has 0 spiro atoms. The molecule has 59 heavy (non-hydrogen) atoms. The van der Waals surface area contributed by atoms with Gasteiger partial charge in [-0.1, -0.05) is 86.1 Å². The third kappa shape index (κ3) is 12.0. The molecular formula is C44H54N6O9. The molecule has 0 saturated carbocycles. The van der Waals surface area contributed by atoms with Crippen molar-refractivity contribution in [3.05, 3.63) is 102 Å². The summed E-state index contributed by atoms with van der Waals surface area (Å²) in [5.74, 6) is -4.22. The Morgan fingerprint density at radius 1 is 0.932 bits per heavy atom. The van der Waals surface area contributed by atoms with E-state index in [9.17, 15) is 33.6 Å². The van der Waals surface area contributed by atoms with Crippen LogP contribution in [0.2, 0.25) is 0 Å². The second-order valence-corrected chi connectivity index (χ2v) is 15.6. The number of Topliss-reactive ketones (excluding diaryl/α,β-unsaturated/α-hetero) is 1. The summed E-state index contributed by atoms with van der Waals surface area (Å²) in [4.78, 5) is 97.7. The highest BCUT2D eigenvalue weighted by Gasteiger charge is 2.45. The zero-order chi connectivity index (χ0) is 42.7. The number of ketones is 1. The Hall–Kier alpha value is -6.09. The van der Waals surface area contributed by atoms with E-state index in [0.29, 0.717) is 41.9 Å². The Bertz CT molecular complexity index is 1990. The molecule has 0 aromatic heterocycles. The first-order valence-electron chi connectivity index (χ1n) is 19.9. The highest BCUT2D eigenvalue weighted by molar-refractivity contribution is 6.38. The van der Waals surface area contributed by atoms with Gasteiger partial charge in [0.1, 0.15) is 23.9 Å². The molecular weight excluding hydrogens is 757 g/mol. The van der Waals surface area contributed by atoms with E-state index in [0.717, 1.165) is 0 Å². The number of amides is 6. The highest BCUT2D eigenvalue weighted by atomic mass is 16.5. The summed E-state index contributed by atoms with van der Waals surface area (Å²) in [5, 5.41) is 10.5. The second kappa shape index (κ2) is 20.1. The van der Waals surface area contributed by atoms with Gasteiger partial charge in [0.15, 0.2) is 0 Å². The summed E-state index contributed by atoms with van der Waals surface area (Å²) >= 11 is 0. The first-order chi connectivity index (χ1) is 28.1. The van der Waals surface area contributed by atoms with Crippen molar-refractivity contribution < 1.29 is 43.0 Å². The summed E-state index contributed by atoms with van der Waals surface area (Å²) in [5.41, 5.74) is 1.01. The number of ether oxygens (including phenoxy) is 2. The minimum atomic E-state index is -1.28. The number of carbonyl (C=O) groups excluding carboxylic acids is 7. The fourth-order valence-corrected chi connectivity index (χ4v) is 7.18. The lowest BCUT2D eigenvalue weighted by Gasteiger charge is -2.31. The highest BCUT2D eigenvalue weighted by Crippen LogP contribution is 2.30. The van der Waals surface area contributed by atoms with Gasteiger partial charge in [-0.05, 0) is 49.1 Å². The molecule has 314 valence electrons. The largest absolute Gasteiger partial charge is 0.493 e. The van der Waals surface area contributed by atoms with Crippen LogP contribution in [0, 0.1) is 0 Å². The van der Waals surface area contributed by atoms with Crippen molar-refractivity contribution in [2.24, 2.45) is 0 Å². The molecule has 15 heteroatoms. The minimum absolute atomic E-state index is 0.0156. The number of nitrogens with one attached hydrogen (secondary N) is 4. The van der Waals surface area contributed by atoms with Crippen molar-refractivity contribution in [1.82, 2.24) is 31.1 Å². The van der Waals surface area contributed by atoms with Crippen molar-refractivity contribution >= 4 is 41.2 Å². The van der Waals surface area contributed by atoms with Crippen LogP contribution in [0.5, 0.6) is 5.75 Å². The predicted molar refractivity (Wildman–Crippen MR) is 218 cm³/mol. The zero-order valence-corrected chi connectivity index (χ0v) is 34.2. The van der Waals surface area contributed by atoms with Crippen LogP contribution in [-0.4, -0.2) is 109 Å². The van der Waals surface area contributed by atoms with Gasteiger partial charge in [0.2, 0.25) is 29.4 Å². The van der Waals surface area contributed by atoms with E-state index in [1.807, 2.05) is 19.9 Å². The first kappa shape index (κ1) is 44.0. The quantitative estimate of drug-likeness (QED) is 0.199. The number of nitrogens with zero attached hydrogens (tertiary/aromatic N) is 2. The van der Waals surface area contributed by atoms with Gasteiger partial charge in [0.05, 0.1) is 37.3 Å². The maximum absolute atomic E-state index is 14.6. The van der Waals surface area contributed by atoms with Crippen molar-refractivity contribution in [1.29, 1.82) is 0 Å². The average Bonchev–Trinajstić information content (AvgIpc) is 3.63. The predicted octanol–water partition coefficient (Wildman–Crippen LogP) is 2.55. The molecule has 0 radical (unpaired) electrons. The molecule has 1 saturated heterocycles. The van der Waals surface area contributed by atoms with Gasteiger partial charge >= 0.3 is 0 Å². The number of fused-ring (bicyclic) bond motifs is 4. The van der Waals surface area contributed by atoms with Crippen LogP contribution in [0.1, 0.15) is 75.2 Å². The molecule has 3 aromatic rings. The fourth-order valence-electron chi connectivity index (χ4n) is 7.18. The minimum Gasteiger partial charge on any atom is -0.493 e. The molecule has 15 nitrogen and oxygen atoms in total. The topological polar surface area (TPSA) is 193 Å². The summed E-state index contributed by atoms with van der Waals surface area (Å²) in [6.45, 7) is 5.30. The molecule has 0 aliphatic carbocycles. The van der Waals surface area contributed by atoms with Crippen molar-refractivity contribution in [2.45, 2.75) is 88.7 Å². The lowest BCUT2D eigenvalue weighted by molar-refractivity contribution is -0.144. The van der Waals surface area contributed by atoms with Gasteiger partial charge in [-0.25, -0.2) is 0 Å².